The third-order valence-electron chi connectivity index (χ3n) is 3.95. The van der Waals surface area contributed by atoms with E-state index in [1.165, 1.54) is 18.2 Å². The summed E-state index contributed by atoms with van der Waals surface area (Å²) in [6.07, 6.45) is 4.22. The molecule has 0 atom stereocenters. The van der Waals surface area contributed by atoms with Crippen LogP contribution < -0.4 is 4.72 Å². The van der Waals surface area contributed by atoms with E-state index in [4.69, 9.17) is 10.7 Å². The van der Waals surface area contributed by atoms with Crippen LogP contribution in [0.25, 0.3) is 0 Å². The first kappa shape index (κ1) is 15.3. The SMILES string of the molecule is O=S(=O)(Cl)c1cccc(S(=O)(=O)NC(C2CC2)C2CC2)c1. The second kappa shape index (κ2) is 5.22. The van der Waals surface area contributed by atoms with Gasteiger partial charge in [0.2, 0.25) is 10.0 Å². The summed E-state index contributed by atoms with van der Waals surface area (Å²) in [6.45, 7) is 0. The lowest BCUT2D eigenvalue weighted by Gasteiger charge is -2.17. The molecule has 0 amide bonds. The fraction of sp³-hybridized carbons (Fsp3) is 0.538. The lowest BCUT2D eigenvalue weighted by Crippen LogP contribution is -2.38. The van der Waals surface area contributed by atoms with E-state index in [9.17, 15) is 16.8 Å². The van der Waals surface area contributed by atoms with Gasteiger partial charge in [-0.3, -0.25) is 0 Å². The van der Waals surface area contributed by atoms with Crippen LogP contribution in [0, 0.1) is 11.8 Å². The predicted octanol–water partition coefficient (Wildman–Crippen LogP) is 2.08. The van der Waals surface area contributed by atoms with Crippen LogP contribution in [-0.2, 0) is 19.1 Å². The van der Waals surface area contributed by atoms with E-state index in [0.29, 0.717) is 11.8 Å². The van der Waals surface area contributed by atoms with Gasteiger partial charge in [0, 0.05) is 16.7 Å². The smallest absolute Gasteiger partial charge is 0.208 e. The van der Waals surface area contributed by atoms with Crippen molar-refractivity contribution < 1.29 is 16.8 Å². The number of rotatable bonds is 6. The minimum atomic E-state index is -3.94. The Balaban J connectivity index is 1.87. The van der Waals surface area contributed by atoms with Crippen LogP contribution in [0.5, 0.6) is 0 Å². The van der Waals surface area contributed by atoms with Crippen LogP contribution >= 0.6 is 10.7 Å². The molecule has 0 aromatic heterocycles. The first-order valence-corrected chi connectivity index (χ1v) is 10.6. The monoisotopic (exact) mass is 349 g/mol. The molecule has 0 unspecified atom stereocenters. The zero-order valence-corrected chi connectivity index (χ0v) is 13.6. The van der Waals surface area contributed by atoms with Gasteiger partial charge in [-0.25, -0.2) is 21.6 Å². The fourth-order valence-corrected chi connectivity index (χ4v) is 4.82. The van der Waals surface area contributed by atoms with Gasteiger partial charge in [0.15, 0.2) is 0 Å². The number of halogens is 1. The van der Waals surface area contributed by atoms with Crippen molar-refractivity contribution in [2.24, 2.45) is 11.8 Å². The van der Waals surface area contributed by atoms with Crippen LogP contribution in [0.2, 0.25) is 0 Å². The summed E-state index contributed by atoms with van der Waals surface area (Å²) in [5.74, 6) is 0.847. The number of hydrogen-bond acceptors (Lipinski definition) is 4. The van der Waals surface area contributed by atoms with Gasteiger partial charge >= 0.3 is 0 Å². The highest BCUT2D eigenvalue weighted by molar-refractivity contribution is 8.13. The molecule has 116 valence electrons. The maximum atomic E-state index is 12.4. The molecule has 0 aliphatic heterocycles. The van der Waals surface area contributed by atoms with Crippen molar-refractivity contribution in [2.45, 2.75) is 41.5 Å². The fourth-order valence-electron chi connectivity index (χ4n) is 2.53. The molecular weight excluding hydrogens is 334 g/mol. The normalized spacial score (nSPS) is 19.9. The number of benzene rings is 1. The average molecular weight is 350 g/mol. The largest absolute Gasteiger partial charge is 0.261 e. The topological polar surface area (TPSA) is 80.3 Å². The van der Waals surface area contributed by atoms with E-state index >= 15 is 0 Å². The highest BCUT2D eigenvalue weighted by Gasteiger charge is 2.43. The first-order valence-electron chi connectivity index (χ1n) is 6.84. The molecule has 0 spiro atoms. The Morgan fingerprint density at radius 3 is 2.00 bits per heavy atom. The van der Waals surface area contributed by atoms with Crippen LogP contribution in [0.1, 0.15) is 25.7 Å². The maximum absolute atomic E-state index is 12.4. The van der Waals surface area contributed by atoms with Gasteiger partial charge in [-0.2, -0.15) is 0 Å². The van der Waals surface area contributed by atoms with Crippen molar-refractivity contribution in [1.82, 2.24) is 4.72 Å². The van der Waals surface area contributed by atoms with Gasteiger partial charge in [0.25, 0.3) is 9.05 Å². The van der Waals surface area contributed by atoms with Crippen LogP contribution in [0.15, 0.2) is 34.1 Å². The Labute approximate surface area is 129 Å². The molecule has 2 fully saturated rings. The summed E-state index contributed by atoms with van der Waals surface area (Å²) < 4.78 is 50.3. The minimum absolute atomic E-state index is 0.0220. The summed E-state index contributed by atoms with van der Waals surface area (Å²) in [5, 5.41) is 0. The van der Waals surface area contributed by atoms with Gasteiger partial charge < -0.3 is 0 Å². The Kier molecular flexibility index (Phi) is 3.80. The Morgan fingerprint density at radius 1 is 1.00 bits per heavy atom. The summed E-state index contributed by atoms with van der Waals surface area (Å²) in [5.41, 5.74) is 0. The third kappa shape index (κ3) is 3.59. The highest BCUT2D eigenvalue weighted by atomic mass is 35.7. The van der Waals surface area contributed by atoms with E-state index in [2.05, 4.69) is 4.72 Å². The number of hydrogen-bond donors (Lipinski definition) is 1. The van der Waals surface area contributed by atoms with Gasteiger partial charge in [0.1, 0.15) is 0 Å². The van der Waals surface area contributed by atoms with Gasteiger partial charge in [-0.15, -0.1) is 0 Å². The standard InChI is InChI=1S/C13H16ClNO4S2/c14-20(16,17)11-2-1-3-12(8-11)21(18,19)15-13(9-4-5-9)10-6-7-10/h1-3,8-10,13,15H,4-7H2. The molecule has 0 saturated heterocycles. The summed E-state index contributed by atoms with van der Waals surface area (Å²) in [4.78, 5) is -0.267. The van der Waals surface area contributed by atoms with E-state index in [-0.39, 0.29) is 15.8 Å². The molecule has 2 saturated carbocycles. The second-order valence-electron chi connectivity index (χ2n) is 5.73. The van der Waals surface area contributed by atoms with E-state index in [1.54, 1.807) is 0 Å². The van der Waals surface area contributed by atoms with Crippen molar-refractivity contribution >= 4 is 29.8 Å². The highest BCUT2D eigenvalue weighted by Crippen LogP contribution is 2.45. The molecule has 2 aliphatic rings. The lowest BCUT2D eigenvalue weighted by atomic mass is 10.1. The maximum Gasteiger partial charge on any atom is 0.261 e. The quantitative estimate of drug-likeness (QED) is 0.797. The molecule has 1 aromatic carbocycles. The lowest BCUT2D eigenvalue weighted by molar-refractivity contribution is 0.471. The van der Waals surface area contributed by atoms with Crippen LogP contribution in [0.4, 0.5) is 0 Å². The van der Waals surface area contributed by atoms with Crippen LogP contribution in [0.3, 0.4) is 0 Å². The van der Waals surface area contributed by atoms with Crippen molar-refractivity contribution in [3.8, 4) is 0 Å². The van der Waals surface area contributed by atoms with E-state index < -0.39 is 19.1 Å². The molecular formula is C13H16ClNO4S2. The molecule has 2 aliphatic carbocycles. The molecule has 0 radical (unpaired) electrons. The number of sulfonamides is 1. The zero-order chi connectivity index (χ0) is 15.3. The molecule has 5 nitrogen and oxygen atoms in total. The molecule has 1 N–H and O–H groups in total. The average Bonchev–Trinajstić information content (AvgIpc) is 3.28. The second-order valence-corrected chi connectivity index (χ2v) is 10.0. The minimum Gasteiger partial charge on any atom is -0.208 e. The molecule has 3 rings (SSSR count). The van der Waals surface area contributed by atoms with E-state index in [1.807, 2.05) is 0 Å². The predicted molar refractivity (Wildman–Crippen MR) is 79.0 cm³/mol. The summed E-state index contributed by atoms with van der Waals surface area (Å²) >= 11 is 0. The third-order valence-corrected chi connectivity index (χ3v) is 6.76. The Bertz CT molecular complexity index is 740. The first-order chi connectivity index (χ1) is 9.77. The molecule has 21 heavy (non-hydrogen) atoms. The van der Waals surface area contributed by atoms with Crippen molar-refractivity contribution in [3.63, 3.8) is 0 Å². The van der Waals surface area contributed by atoms with Crippen molar-refractivity contribution in [3.05, 3.63) is 24.3 Å². The van der Waals surface area contributed by atoms with Crippen LogP contribution in [-0.4, -0.2) is 22.9 Å². The van der Waals surface area contributed by atoms with Gasteiger partial charge in [-0.1, -0.05) is 6.07 Å². The van der Waals surface area contributed by atoms with Crippen molar-refractivity contribution in [1.29, 1.82) is 0 Å². The molecule has 8 heteroatoms. The van der Waals surface area contributed by atoms with E-state index in [0.717, 1.165) is 31.7 Å². The Hall–Kier alpha value is -0.630. The van der Waals surface area contributed by atoms with Gasteiger partial charge in [-0.05, 0) is 55.7 Å². The Morgan fingerprint density at radius 2 is 1.52 bits per heavy atom. The summed E-state index contributed by atoms with van der Waals surface area (Å²) in [6, 6.07) is 5.12. The van der Waals surface area contributed by atoms with Gasteiger partial charge in [0.05, 0.1) is 9.79 Å². The van der Waals surface area contributed by atoms with Crippen molar-refractivity contribution in [2.75, 3.05) is 0 Å². The molecule has 1 aromatic rings. The zero-order valence-electron chi connectivity index (χ0n) is 11.2. The summed E-state index contributed by atoms with van der Waals surface area (Å²) in [7, 11) is -2.40. The number of nitrogens with one attached hydrogen (secondary N) is 1. The molecule has 0 bridgehead atoms. The molecule has 0 heterocycles.